The van der Waals surface area contributed by atoms with E-state index in [4.69, 9.17) is 10.3 Å². The van der Waals surface area contributed by atoms with E-state index in [0.29, 0.717) is 12.4 Å². The molecule has 2 heterocycles. The molecule has 3 aromatic carbocycles. The third-order valence-electron chi connectivity index (χ3n) is 5.30. The number of nitrogens with one attached hydrogen (secondary N) is 1. The number of hydrogen-bond acceptors (Lipinski definition) is 5. The Morgan fingerprint density at radius 2 is 1.70 bits per heavy atom. The minimum atomic E-state index is -0.0344. The summed E-state index contributed by atoms with van der Waals surface area (Å²) in [5.41, 5.74) is 9.37. The van der Waals surface area contributed by atoms with E-state index in [1.54, 1.807) is 6.20 Å². The van der Waals surface area contributed by atoms with Gasteiger partial charge in [0.2, 0.25) is 5.88 Å². The molecule has 5 heteroatoms. The highest BCUT2D eigenvalue weighted by molar-refractivity contribution is 5.86. The van der Waals surface area contributed by atoms with E-state index in [2.05, 4.69) is 64.0 Å². The van der Waals surface area contributed by atoms with Crippen LogP contribution in [0.15, 0.2) is 89.7 Å². The lowest BCUT2D eigenvalue weighted by Crippen LogP contribution is -2.31. The van der Waals surface area contributed by atoms with Crippen molar-refractivity contribution < 1.29 is 4.52 Å². The number of rotatable bonds is 6. The largest absolute Gasteiger partial charge is 0.352 e. The molecule has 0 saturated carbocycles. The van der Waals surface area contributed by atoms with Crippen molar-refractivity contribution in [2.75, 3.05) is 11.9 Å². The molecule has 0 radical (unpaired) electrons. The Morgan fingerprint density at radius 1 is 0.867 bits per heavy atom. The van der Waals surface area contributed by atoms with Crippen LogP contribution in [-0.4, -0.2) is 22.7 Å². The second kappa shape index (κ2) is 7.97. The van der Waals surface area contributed by atoms with Gasteiger partial charge in [0.25, 0.3) is 0 Å². The Labute approximate surface area is 174 Å². The van der Waals surface area contributed by atoms with Crippen molar-refractivity contribution in [2.45, 2.75) is 12.5 Å². The van der Waals surface area contributed by atoms with Gasteiger partial charge in [0.1, 0.15) is 5.69 Å². The van der Waals surface area contributed by atoms with Crippen molar-refractivity contribution in [1.29, 1.82) is 0 Å². The first kappa shape index (κ1) is 18.3. The van der Waals surface area contributed by atoms with Crippen molar-refractivity contribution in [3.05, 3.63) is 90.8 Å². The Balaban J connectivity index is 1.23. The molecule has 3 N–H and O–H groups in total. The van der Waals surface area contributed by atoms with E-state index in [1.807, 2.05) is 30.5 Å². The molecule has 2 aromatic heterocycles. The highest BCUT2D eigenvalue weighted by atomic mass is 16.5. The van der Waals surface area contributed by atoms with Crippen LogP contribution >= 0.6 is 0 Å². The summed E-state index contributed by atoms with van der Waals surface area (Å²) in [5.74, 6) is 0.619. The second-order valence-corrected chi connectivity index (χ2v) is 7.54. The predicted octanol–water partition coefficient (Wildman–Crippen LogP) is 5.02. The summed E-state index contributed by atoms with van der Waals surface area (Å²) in [5, 5.41) is 12.2. The van der Waals surface area contributed by atoms with Gasteiger partial charge in [-0.2, -0.15) is 0 Å². The van der Waals surface area contributed by atoms with E-state index in [0.717, 1.165) is 28.5 Å². The van der Waals surface area contributed by atoms with Gasteiger partial charge in [0.05, 0.1) is 0 Å². The normalized spacial score (nSPS) is 12.3. The third-order valence-corrected chi connectivity index (χ3v) is 5.30. The van der Waals surface area contributed by atoms with E-state index in [9.17, 15) is 0 Å². The standard InChI is InChI=1S/C25H22N4O/c26-23(12-17-5-6-18-3-1-2-4-19(18)11-17)16-28-25-14-24(29-30-25)21-7-8-22-15-27-10-9-20(22)13-21/h1-11,13-15,23,28H,12,16,26H2/t23-/m1/s1. The van der Waals surface area contributed by atoms with Crippen LogP contribution in [0.5, 0.6) is 0 Å². The quantitative estimate of drug-likeness (QED) is 0.423. The molecule has 0 aliphatic rings. The lowest BCUT2D eigenvalue weighted by Gasteiger charge is -2.12. The van der Waals surface area contributed by atoms with Crippen molar-refractivity contribution in [2.24, 2.45) is 5.73 Å². The Hall–Kier alpha value is -3.70. The number of fused-ring (bicyclic) bond motifs is 2. The highest BCUT2D eigenvalue weighted by Crippen LogP contribution is 2.25. The van der Waals surface area contributed by atoms with E-state index >= 15 is 0 Å². The predicted molar refractivity (Wildman–Crippen MR) is 121 cm³/mol. The first-order valence-corrected chi connectivity index (χ1v) is 10.0. The summed E-state index contributed by atoms with van der Waals surface area (Å²) in [6.07, 6.45) is 4.43. The highest BCUT2D eigenvalue weighted by Gasteiger charge is 2.10. The monoisotopic (exact) mass is 394 g/mol. The number of nitrogens with zero attached hydrogens (tertiary/aromatic N) is 2. The molecule has 0 fully saturated rings. The van der Waals surface area contributed by atoms with Crippen LogP contribution in [0, 0.1) is 0 Å². The van der Waals surface area contributed by atoms with Crippen molar-refractivity contribution >= 4 is 27.4 Å². The summed E-state index contributed by atoms with van der Waals surface area (Å²) in [7, 11) is 0. The first-order chi connectivity index (χ1) is 14.7. The number of benzene rings is 3. The fourth-order valence-electron chi connectivity index (χ4n) is 3.71. The van der Waals surface area contributed by atoms with Gasteiger partial charge in [-0.15, -0.1) is 0 Å². The fraction of sp³-hybridized carbons (Fsp3) is 0.120. The van der Waals surface area contributed by atoms with Gasteiger partial charge < -0.3 is 15.6 Å². The van der Waals surface area contributed by atoms with Crippen LogP contribution in [0.3, 0.4) is 0 Å². The zero-order valence-corrected chi connectivity index (χ0v) is 16.5. The fourth-order valence-corrected chi connectivity index (χ4v) is 3.71. The van der Waals surface area contributed by atoms with Crippen LogP contribution in [0.2, 0.25) is 0 Å². The maximum Gasteiger partial charge on any atom is 0.225 e. The number of anilines is 1. The average molecular weight is 394 g/mol. The van der Waals surface area contributed by atoms with Gasteiger partial charge in [-0.05, 0) is 40.3 Å². The second-order valence-electron chi connectivity index (χ2n) is 7.54. The molecule has 1 atom stereocenters. The van der Waals surface area contributed by atoms with Gasteiger partial charge >= 0.3 is 0 Å². The molecular weight excluding hydrogens is 372 g/mol. The molecule has 0 aliphatic heterocycles. The molecule has 5 aromatic rings. The maximum absolute atomic E-state index is 6.35. The zero-order valence-electron chi connectivity index (χ0n) is 16.5. The summed E-state index contributed by atoms with van der Waals surface area (Å²) in [6.45, 7) is 0.602. The van der Waals surface area contributed by atoms with Crippen LogP contribution in [0.4, 0.5) is 5.88 Å². The summed E-state index contributed by atoms with van der Waals surface area (Å²) >= 11 is 0. The van der Waals surface area contributed by atoms with Crippen molar-refractivity contribution in [1.82, 2.24) is 10.1 Å². The molecule has 5 rings (SSSR count). The van der Waals surface area contributed by atoms with Gasteiger partial charge in [-0.1, -0.05) is 59.8 Å². The molecule has 148 valence electrons. The summed E-state index contributed by atoms with van der Waals surface area (Å²) in [4.78, 5) is 4.15. The molecule has 5 nitrogen and oxygen atoms in total. The minimum absolute atomic E-state index is 0.0344. The van der Waals surface area contributed by atoms with E-state index in [1.165, 1.54) is 16.3 Å². The third kappa shape index (κ3) is 3.88. The number of hydrogen-bond donors (Lipinski definition) is 2. The molecule has 0 unspecified atom stereocenters. The van der Waals surface area contributed by atoms with Crippen LogP contribution < -0.4 is 11.1 Å². The number of pyridine rings is 1. The average Bonchev–Trinajstić information content (AvgIpc) is 3.26. The molecule has 30 heavy (non-hydrogen) atoms. The molecule has 0 amide bonds. The Bertz CT molecular complexity index is 1310. The Morgan fingerprint density at radius 3 is 2.63 bits per heavy atom. The van der Waals surface area contributed by atoms with Crippen molar-refractivity contribution in [3.8, 4) is 11.3 Å². The molecule has 0 saturated heterocycles. The van der Waals surface area contributed by atoms with Gasteiger partial charge in [0, 0.05) is 42.0 Å². The maximum atomic E-state index is 6.35. The van der Waals surface area contributed by atoms with Crippen LogP contribution in [-0.2, 0) is 6.42 Å². The zero-order chi connectivity index (χ0) is 20.3. The van der Waals surface area contributed by atoms with Crippen LogP contribution in [0.1, 0.15) is 5.56 Å². The molecule has 0 spiro atoms. The molecule has 0 aliphatic carbocycles. The lowest BCUT2D eigenvalue weighted by molar-refractivity contribution is 0.433. The first-order valence-electron chi connectivity index (χ1n) is 10.0. The van der Waals surface area contributed by atoms with Crippen LogP contribution in [0.25, 0.3) is 32.8 Å². The molecule has 0 bridgehead atoms. The summed E-state index contributed by atoms with van der Waals surface area (Å²) < 4.78 is 5.46. The van der Waals surface area contributed by atoms with E-state index in [-0.39, 0.29) is 6.04 Å². The number of aromatic nitrogens is 2. The molecular formula is C25H22N4O. The smallest absolute Gasteiger partial charge is 0.225 e. The minimum Gasteiger partial charge on any atom is -0.352 e. The van der Waals surface area contributed by atoms with E-state index < -0.39 is 0 Å². The number of nitrogens with two attached hydrogens (primary N) is 1. The van der Waals surface area contributed by atoms with Crippen molar-refractivity contribution in [3.63, 3.8) is 0 Å². The van der Waals surface area contributed by atoms with Gasteiger partial charge in [-0.25, -0.2) is 0 Å². The lowest BCUT2D eigenvalue weighted by atomic mass is 10.0. The Kier molecular flexibility index (Phi) is 4.87. The van der Waals surface area contributed by atoms with Gasteiger partial charge in [-0.3, -0.25) is 4.98 Å². The summed E-state index contributed by atoms with van der Waals surface area (Å²) in [6, 6.07) is 24.9. The topological polar surface area (TPSA) is 77.0 Å². The van der Waals surface area contributed by atoms with Gasteiger partial charge in [0.15, 0.2) is 0 Å². The SMILES string of the molecule is N[C@@H](CNc1cc(-c2ccc3cnccc3c2)no1)Cc1ccc2ccccc2c1.